The number of carbonyl (C=O) groups excluding carboxylic acids is 2. The van der Waals surface area contributed by atoms with Crippen molar-refractivity contribution < 1.29 is 9.59 Å². The minimum Gasteiger partial charge on any atom is -0.287 e. The predicted molar refractivity (Wildman–Crippen MR) is 105 cm³/mol. The van der Waals surface area contributed by atoms with Crippen LogP contribution in [0.2, 0.25) is 0 Å². The van der Waals surface area contributed by atoms with E-state index in [1.54, 1.807) is 19.1 Å². The van der Waals surface area contributed by atoms with E-state index < -0.39 is 17.2 Å². The summed E-state index contributed by atoms with van der Waals surface area (Å²) in [5.41, 5.74) is 6.54. The van der Waals surface area contributed by atoms with Crippen LogP contribution in [0.25, 0.3) is 5.69 Å². The van der Waals surface area contributed by atoms with Crippen molar-refractivity contribution >= 4 is 11.8 Å². The average molecular weight is 376 g/mol. The Hall–Kier alpha value is -3.74. The normalized spacial score (nSPS) is 10.4. The third-order valence-corrected chi connectivity index (χ3v) is 4.24. The Bertz CT molecular complexity index is 1060. The molecule has 0 aliphatic heterocycles. The van der Waals surface area contributed by atoms with Crippen molar-refractivity contribution in [3.05, 3.63) is 93.4 Å². The monoisotopic (exact) mass is 376 g/mol. The van der Waals surface area contributed by atoms with Crippen molar-refractivity contribution in [2.24, 2.45) is 0 Å². The molecule has 0 aliphatic rings. The summed E-state index contributed by atoms with van der Waals surface area (Å²) in [6.07, 6.45) is 0.866. The molecule has 1 aromatic heterocycles. The fourth-order valence-electron chi connectivity index (χ4n) is 2.67. The third-order valence-electron chi connectivity index (χ3n) is 4.24. The Morgan fingerprint density at radius 2 is 1.61 bits per heavy atom. The smallest absolute Gasteiger partial charge is 0.287 e. The summed E-state index contributed by atoms with van der Waals surface area (Å²) < 4.78 is 1.50. The first kappa shape index (κ1) is 19.0. The van der Waals surface area contributed by atoms with Gasteiger partial charge in [-0.05, 0) is 43.2 Å². The van der Waals surface area contributed by atoms with Crippen molar-refractivity contribution in [1.29, 1.82) is 0 Å². The highest BCUT2D eigenvalue weighted by Gasteiger charge is 2.16. The lowest BCUT2D eigenvalue weighted by Crippen LogP contribution is -2.44. The molecule has 2 aromatic carbocycles. The van der Waals surface area contributed by atoms with Gasteiger partial charge >= 0.3 is 0 Å². The van der Waals surface area contributed by atoms with Crippen LogP contribution in [0.15, 0.2) is 65.5 Å². The van der Waals surface area contributed by atoms with Crippen LogP contribution >= 0.6 is 0 Å². The van der Waals surface area contributed by atoms with Gasteiger partial charge in [0.1, 0.15) is 0 Å². The van der Waals surface area contributed by atoms with Crippen molar-refractivity contribution in [3.63, 3.8) is 0 Å². The maximum Gasteiger partial charge on any atom is 0.294 e. The summed E-state index contributed by atoms with van der Waals surface area (Å²) in [6, 6.07) is 17.5. The van der Waals surface area contributed by atoms with Gasteiger partial charge in [0.2, 0.25) is 5.43 Å². The number of hydrazine groups is 1. The lowest BCUT2D eigenvalue weighted by molar-refractivity contribution is 0.0842. The zero-order chi connectivity index (χ0) is 20.1. The molecule has 0 saturated carbocycles. The van der Waals surface area contributed by atoms with Gasteiger partial charge in [-0.2, -0.15) is 5.10 Å². The molecule has 7 nitrogen and oxygen atoms in total. The maximum absolute atomic E-state index is 12.4. The number of nitrogens with zero attached hydrogens (tertiary/aromatic N) is 2. The van der Waals surface area contributed by atoms with Crippen LogP contribution in [-0.2, 0) is 6.42 Å². The second-order valence-corrected chi connectivity index (χ2v) is 6.20. The Morgan fingerprint density at radius 1 is 0.964 bits per heavy atom. The highest BCUT2D eigenvalue weighted by Crippen LogP contribution is 2.08. The van der Waals surface area contributed by atoms with E-state index in [1.165, 1.54) is 10.7 Å². The molecular weight excluding hydrogens is 356 g/mol. The molecule has 7 heteroatoms. The summed E-state index contributed by atoms with van der Waals surface area (Å²) >= 11 is 0. The van der Waals surface area contributed by atoms with Crippen LogP contribution in [0, 0.1) is 6.92 Å². The molecule has 3 rings (SSSR count). The zero-order valence-corrected chi connectivity index (χ0v) is 15.6. The number of hydrogen-bond donors (Lipinski definition) is 2. The Morgan fingerprint density at radius 3 is 2.25 bits per heavy atom. The molecule has 0 unspecified atom stereocenters. The van der Waals surface area contributed by atoms with Crippen molar-refractivity contribution in [2.75, 3.05) is 0 Å². The van der Waals surface area contributed by atoms with Gasteiger partial charge < -0.3 is 0 Å². The number of aromatic nitrogens is 2. The highest BCUT2D eigenvalue weighted by atomic mass is 16.2. The second-order valence-electron chi connectivity index (χ2n) is 6.20. The van der Waals surface area contributed by atoms with Crippen molar-refractivity contribution in [1.82, 2.24) is 20.6 Å². The van der Waals surface area contributed by atoms with Gasteiger partial charge in [0.25, 0.3) is 11.8 Å². The van der Waals surface area contributed by atoms with Gasteiger partial charge in [-0.3, -0.25) is 25.2 Å². The molecule has 1 heterocycles. The molecule has 2 N–H and O–H groups in total. The van der Waals surface area contributed by atoms with Gasteiger partial charge in [-0.25, -0.2) is 4.68 Å². The molecule has 142 valence electrons. The van der Waals surface area contributed by atoms with E-state index in [0.717, 1.165) is 12.0 Å². The zero-order valence-electron chi connectivity index (χ0n) is 15.6. The van der Waals surface area contributed by atoms with Gasteiger partial charge in [0.15, 0.2) is 5.69 Å². The summed E-state index contributed by atoms with van der Waals surface area (Å²) in [7, 11) is 0. The van der Waals surface area contributed by atoms with Crippen LogP contribution in [-0.4, -0.2) is 21.6 Å². The molecule has 0 aliphatic carbocycles. The number of amides is 2. The summed E-state index contributed by atoms with van der Waals surface area (Å²) in [5.74, 6) is -1.26. The molecule has 0 bridgehead atoms. The number of aryl methyl sites for hydroxylation is 2. The van der Waals surface area contributed by atoms with E-state index in [2.05, 4.69) is 16.0 Å². The van der Waals surface area contributed by atoms with Gasteiger partial charge in [-0.15, -0.1) is 0 Å². The number of nitrogens with one attached hydrogen (secondary N) is 2. The molecule has 2 amide bonds. The maximum atomic E-state index is 12.4. The predicted octanol–water partition coefficient (Wildman–Crippen LogP) is 2.18. The Balaban J connectivity index is 1.77. The molecule has 0 spiro atoms. The summed E-state index contributed by atoms with van der Waals surface area (Å²) in [6.45, 7) is 3.75. The Labute approximate surface area is 162 Å². The number of para-hydroxylation sites is 1. The summed E-state index contributed by atoms with van der Waals surface area (Å²) in [5, 5.41) is 4.16. The standard InChI is InChI=1S/C21H20N4O3/c1-3-15-9-11-16(12-10-15)20(27)22-23-21(28)19-18(26)13-14(2)25(24-19)17-7-5-4-6-8-17/h4-13H,3H2,1-2H3,(H,22,27)(H,23,28). The minimum atomic E-state index is -0.784. The van der Waals surface area contributed by atoms with E-state index in [0.29, 0.717) is 16.9 Å². The Kier molecular flexibility index (Phi) is 5.64. The van der Waals surface area contributed by atoms with Crippen molar-refractivity contribution in [3.8, 4) is 5.69 Å². The van der Waals surface area contributed by atoms with Crippen LogP contribution < -0.4 is 16.3 Å². The van der Waals surface area contributed by atoms with Crippen LogP contribution in [0.1, 0.15) is 39.0 Å². The van der Waals surface area contributed by atoms with Gasteiger partial charge in [0, 0.05) is 17.3 Å². The second kappa shape index (κ2) is 8.30. The summed E-state index contributed by atoms with van der Waals surface area (Å²) in [4.78, 5) is 36.8. The van der Waals surface area contributed by atoms with Crippen LogP contribution in [0.3, 0.4) is 0 Å². The number of benzene rings is 2. The molecule has 28 heavy (non-hydrogen) atoms. The number of hydrogen-bond acceptors (Lipinski definition) is 4. The molecule has 0 fully saturated rings. The third kappa shape index (κ3) is 4.15. The van der Waals surface area contributed by atoms with Gasteiger partial charge in [-0.1, -0.05) is 37.3 Å². The molecular formula is C21H20N4O3. The SMILES string of the molecule is CCc1ccc(C(=O)NNC(=O)c2nn(-c3ccccc3)c(C)cc2=O)cc1. The lowest BCUT2D eigenvalue weighted by atomic mass is 10.1. The topological polar surface area (TPSA) is 93.1 Å². The first-order valence-electron chi connectivity index (χ1n) is 8.85. The van der Waals surface area contributed by atoms with Crippen LogP contribution in [0.4, 0.5) is 0 Å². The first-order chi connectivity index (χ1) is 13.5. The highest BCUT2D eigenvalue weighted by molar-refractivity contribution is 5.98. The minimum absolute atomic E-state index is 0.309. The number of carbonyl (C=O) groups is 2. The average Bonchev–Trinajstić information content (AvgIpc) is 2.72. The largest absolute Gasteiger partial charge is 0.294 e. The first-order valence-corrected chi connectivity index (χ1v) is 8.85. The van der Waals surface area contributed by atoms with E-state index in [-0.39, 0.29) is 5.69 Å². The molecule has 3 aromatic rings. The van der Waals surface area contributed by atoms with E-state index >= 15 is 0 Å². The van der Waals surface area contributed by atoms with Gasteiger partial charge in [0.05, 0.1) is 5.69 Å². The van der Waals surface area contributed by atoms with Crippen molar-refractivity contribution in [2.45, 2.75) is 20.3 Å². The molecule has 0 radical (unpaired) electrons. The van der Waals surface area contributed by atoms with E-state index in [1.807, 2.05) is 49.4 Å². The fraction of sp³-hybridized carbons (Fsp3) is 0.143. The van der Waals surface area contributed by atoms with E-state index in [4.69, 9.17) is 0 Å². The number of rotatable bonds is 4. The molecule has 0 saturated heterocycles. The molecule has 0 atom stereocenters. The fourth-order valence-corrected chi connectivity index (χ4v) is 2.67. The van der Waals surface area contributed by atoms with Crippen LogP contribution in [0.5, 0.6) is 0 Å². The van der Waals surface area contributed by atoms with E-state index in [9.17, 15) is 14.4 Å². The lowest BCUT2D eigenvalue weighted by Gasteiger charge is -2.11. The quantitative estimate of drug-likeness (QED) is 0.683.